The number of carboxylic acid groups (broad SMARTS) is 1. The first kappa shape index (κ1) is 22.4. The minimum atomic E-state index is -1.03. The molecule has 0 radical (unpaired) electrons. The number of benzene rings is 1. The smallest absolute Gasteiger partial charge is 0.309 e. The fraction of sp³-hybridized carbons (Fsp3) is 0.423. The Balaban J connectivity index is 1.41. The van der Waals surface area contributed by atoms with E-state index in [1.807, 2.05) is 12.1 Å². The maximum Gasteiger partial charge on any atom is 0.309 e. The van der Waals surface area contributed by atoms with Crippen molar-refractivity contribution in [1.82, 2.24) is 14.7 Å². The highest BCUT2D eigenvalue weighted by Crippen LogP contribution is 2.37. The molecule has 2 N–H and O–H groups in total. The molecule has 1 amide bonds. The van der Waals surface area contributed by atoms with Crippen LogP contribution in [0.4, 0.5) is 4.39 Å². The van der Waals surface area contributed by atoms with Gasteiger partial charge in [-0.1, -0.05) is 25.3 Å². The average Bonchev–Trinajstić information content (AvgIpc) is 3.35. The molecule has 3 aromatic rings. The van der Waals surface area contributed by atoms with Gasteiger partial charge in [0.05, 0.1) is 24.3 Å². The van der Waals surface area contributed by atoms with Gasteiger partial charge in [0.15, 0.2) is 11.4 Å². The van der Waals surface area contributed by atoms with Crippen molar-refractivity contribution < 1.29 is 23.8 Å². The van der Waals surface area contributed by atoms with Crippen molar-refractivity contribution in [3.8, 4) is 5.75 Å². The Labute approximate surface area is 197 Å². The number of hydrogen-bond acceptors (Lipinski definition) is 4. The first-order chi connectivity index (χ1) is 16.4. The van der Waals surface area contributed by atoms with Crippen LogP contribution >= 0.6 is 0 Å². The Morgan fingerprint density at radius 1 is 1.24 bits per heavy atom. The summed E-state index contributed by atoms with van der Waals surface area (Å²) in [6, 6.07) is 7.10. The third-order valence-electron chi connectivity index (χ3n) is 7.09. The minimum absolute atomic E-state index is 0.165. The number of hydrogen-bond donors (Lipinski definition) is 2. The zero-order chi connectivity index (χ0) is 23.8. The number of pyridine rings is 1. The van der Waals surface area contributed by atoms with Gasteiger partial charge in [0.1, 0.15) is 11.5 Å². The summed E-state index contributed by atoms with van der Waals surface area (Å²) >= 11 is 0. The zero-order valence-electron chi connectivity index (χ0n) is 19.1. The third kappa shape index (κ3) is 4.13. The van der Waals surface area contributed by atoms with Gasteiger partial charge >= 0.3 is 5.97 Å². The van der Waals surface area contributed by atoms with E-state index < -0.39 is 29.7 Å². The van der Waals surface area contributed by atoms with Crippen molar-refractivity contribution in [2.45, 2.75) is 51.5 Å². The summed E-state index contributed by atoms with van der Waals surface area (Å²) in [6.45, 7) is 2.38. The van der Waals surface area contributed by atoms with Crippen LogP contribution in [-0.2, 0) is 11.2 Å². The van der Waals surface area contributed by atoms with Crippen molar-refractivity contribution in [3.63, 3.8) is 0 Å². The molecule has 7 nitrogen and oxygen atoms in total. The number of aryl methyl sites for hydroxylation is 1. The van der Waals surface area contributed by atoms with E-state index >= 15 is 0 Å². The summed E-state index contributed by atoms with van der Waals surface area (Å²) in [6.07, 6.45) is 8.01. The van der Waals surface area contributed by atoms with Gasteiger partial charge in [0, 0.05) is 6.20 Å². The Bertz CT molecular complexity index is 1250. The lowest BCUT2D eigenvalue weighted by Crippen LogP contribution is -2.35. The molecule has 1 fully saturated rings. The summed E-state index contributed by atoms with van der Waals surface area (Å²) in [7, 11) is 0. The van der Waals surface area contributed by atoms with E-state index in [0.717, 1.165) is 0 Å². The fourth-order valence-electron chi connectivity index (χ4n) is 5.35. The lowest BCUT2D eigenvalue weighted by atomic mass is 9.90. The van der Waals surface area contributed by atoms with Crippen LogP contribution in [0.3, 0.4) is 0 Å². The number of nitrogens with zero attached hydrogens (tertiary/aromatic N) is 2. The topological polar surface area (TPSA) is 92.9 Å². The SMILES string of the molecule is Cc1nc2c(OCC3CCCCC3)cccn2c1C(=O)N[C@@H]1c2ccc(F)cc2C[C@H]1C(=O)O. The number of ether oxygens (including phenoxy) is 1. The molecule has 0 spiro atoms. The summed E-state index contributed by atoms with van der Waals surface area (Å²) in [5.74, 6) is -1.59. The number of halogens is 1. The van der Waals surface area contributed by atoms with Crippen LogP contribution in [0, 0.1) is 24.6 Å². The van der Waals surface area contributed by atoms with Gasteiger partial charge in [0.25, 0.3) is 5.91 Å². The van der Waals surface area contributed by atoms with Gasteiger partial charge in [-0.25, -0.2) is 9.37 Å². The van der Waals surface area contributed by atoms with Crippen molar-refractivity contribution in [2.75, 3.05) is 6.61 Å². The van der Waals surface area contributed by atoms with E-state index in [4.69, 9.17) is 4.74 Å². The van der Waals surface area contributed by atoms with Crippen LogP contribution in [0.15, 0.2) is 36.5 Å². The second-order valence-corrected chi connectivity index (χ2v) is 9.37. The highest BCUT2D eigenvalue weighted by Gasteiger charge is 2.39. The molecule has 2 heterocycles. The molecule has 0 saturated heterocycles. The third-order valence-corrected chi connectivity index (χ3v) is 7.09. The van der Waals surface area contributed by atoms with Gasteiger partial charge in [-0.3, -0.25) is 14.0 Å². The monoisotopic (exact) mass is 465 g/mol. The summed E-state index contributed by atoms with van der Waals surface area (Å²) in [5.41, 5.74) is 2.65. The van der Waals surface area contributed by atoms with Crippen molar-refractivity contribution in [1.29, 1.82) is 0 Å². The summed E-state index contributed by atoms with van der Waals surface area (Å²) in [4.78, 5) is 29.9. The molecule has 1 saturated carbocycles. The van der Waals surface area contributed by atoms with Crippen LogP contribution < -0.4 is 10.1 Å². The highest BCUT2D eigenvalue weighted by molar-refractivity contribution is 5.95. The number of aliphatic carboxylic acids is 1. The summed E-state index contributed by atoms with van der Waals surface area (Å²) in [5, 5.41) is 12.6. The molecule has 178 valence electrons. The van der Waals surface area contributed by atoms with E-state index in [2.05, 4.69) is 10.3 Å². The van der Waals surface area contributed by atoms with Crippen LogP contribution in [0.2, 0.25) is 0 Å². The first-order valence-corrected chi connectivity index (χ1v) is 11.8. The number of amides is 1. The molecule has 2 aliphatic carbocycles. The molecule has 8 heteroatoms. The molecule has 0 bridgehead atoms. The molecular weight excluding hydrogens is 437 g/mol. The molecule has 0 aliphatic heterocycles. The number of carbonyl (C=O) groups is 2. The van der Waals surface area contributed by atoms with Gasteiger partial charge in [0.2, 0.25) is 0 Å². The maximum atomic E-state index is 13.7. The van der Waals surface area contributed by atoms with E-state index in [0.29, 0.717) is 46.4 Å². The number of carbonyl (C=O) groups excluding carboxylic acids is 1. The predicted molar refractivity (Wildman–Crippen MR) is 123 cm³/mol. The van der Waals surface area contributed by atoms with E-state index in [9.17, 15) is 19.1 Å². The van der Waals surface area contributed by atoms with Crippen molar-refractivity contribution >= 4 is 17.5 Å². The molecule has 2 aliphatic rings. The Hall–Kier alpha value is -3.42. The van der Waals surface area contributed by atoms with Crippen LogP contribution in [0.25, 0.3) is 5.65 Å². The van der Waals surface area contributed by atoms with Gasteiger partial charge in [-0.2, -0.15) is 0 Å². The largest absolute Gasteiger partial charge is 0.489 e. The number of imidazole rings is 1. The Morgan fingerprint density at radius 2 is 2.03 bits per heavy atom. The van der Waals surface area contributed by atoms with Gasteiger partial charge in [-0.15, -0.1) is 0 Å². The van der Waals surface area contributed by atoms with Crippen LogP contribution in [0.5, 0.6) is 5.75 Å². The van der Waals surface area contributed by atoms with Crippen LogP contribution in [-0.4, -0.2) is 33.0 Å². The molecule has 5 rings (SSSR count). The number of carboxylic acids is 1. The Morgan fingerprint density at radius 3 is 2.79 bits per heavy atom. The lowest BCUT2D eigenvalue weighted by molar-refractivity contribution is -0.142. The van der Waals surface area contributed by atoms with E-state index in [1.165, 1.54) is 44.2 Å². The number of nitrogens with one attached hydrogen (secondary N) is 1. The first-order valence-electron chi connectivity index (χ1n) is 11.8. The number of aromatic nitrogens is 2. The predicted octanol–water partition coefficient (Wildman–Crippen LogP) is 4.47. The van der Waals surface area contributed by atoms with Crippen molar-refractivity contribution in [3.05, 3.63) is 64.9 Å². The lowest BCUT2D eigenvalue weighted by Gasteiger charge is -2.21. The second kappa shape index (κ2) is 9.08. The summed E-state index contributed by atoms with van der Waals surface area (Å²) < 4.78 is 21.5. The molecule has 34 heavy (non-hydrogen) atoms. The Kier molecular flexibility index (Phi) is 5.98. The number of fused-ring (bicyclic) bond motifs is 2. The van der Waals surface area contributed by atoms with Gasteiger partial charge in [-0.05, 0) is 67.5 Å². The fourth-order valence-corrected chi connectivity index (χ4v) is 5.35. The van der Waals surface area contributed by atoms with Crippen molar-refractivity contribution in [2.24, 2.45) is 11.8 Å². The standard InChI is InChI=1S/C26H28FN3O4/c1-15-23(25(31)29-22-19-10-9-18(27)12-17(19)13-20(22)26(32)33)30-11-5-8-21(24(30)28-15)34-14-16-6-3-2-4-7-16/h5,8-12,16,20,22H,2-4,6-7,13-14H2,1H3,(H,29,31)(H,32,33)/t20-,22-/m1/s1. The quantitative estimate of drug-likeness (QED) is 0.560. The molecular formula is C26H28FN3O4. The molecule has 2 atom stereocenters. The normalized spacial score (nSPS) is 20.3. The second-order valence-electron chi connectivity index (χ2n) is 9.37. The maximum absolute atomic E-state index is 13.7. The van der Waals surface area contributed by atoms with E-state index in [-0.39, 0.29) is 6.42 Å². The zero-order valence-corrected chi connectivity index (χ0v) is 19.1. The van der Waals surface area contributed by atoms with E-state index in [1.54, 1.807) is 23.6 Å². The van der Waals surface area contributed by atoms with Crippen LogP contribution in [0.1, 0.15) is 65.5 Å². The van der Waals surface area contributed by atoms with Gasteiger partial charge < -0.3 is 15.2 Å². The minimum Gasteiger partial charge on any atom is -0.489 e. The molecule has 0 unspecified atom stereocenters. The molecule has 2 aromatic heterocycles. The molecule has 1 aromatic carbocycles. The number of rotatable bonds is 6. The highest BCUT2D eigenvalue weighted by atomic mass is 19.1. The average molecular weight is 466 g/mol.